The Labute approximate surface area is 137 Å². The van der Waals surface area contributed by atoms with Crippen molar-refractivity contribution >= 4 is 17.2 Å². The third kappa shape index (κ3) is 2.79. The average molecular weight is 342 g/mol. The largest absolute Gasteiger partial charge is 0.380 e. The Bertz CT molecular complexity index is 587. The van der Waals surface area contributed by atoms with E-state index in [0.29, 0.717) is 19.8 Å². The lowest BCUT2D eigenvalue weighted by Gasteiger charge is -2.37. The molecule has 126 valence electrons. The number of nitrogens with one attached hydrogen (secondary N) is 1. The van der Waals surface area contributed by atoms with Crippen molar-refractivity contribution in [3.63, 3.8) is 0 Å². The summed E-state index contributed by atoms with van der Waals surface area (Å²) < 4.78 is 31.5. The van der Waals surface area contributed by atoms with E-state index < -0.39 is 11.3 Å². The van der Waals surface area contributed by atoms with Crippen LogP contribution in [0.3, 0.4) is 0 Å². The predicted molar refractivity (Wildman–Crippen MR) is 82.4 cm³/mol. The number of halogens is 2. The van der Waals surface area contributed by atoms with E-state index in [4.69, 9.17) is 4.74 Å². The predicted octanol–water partition coefficient (Wildman–Crippen LogP) is 2.11. The maximum absolute atomic E-state index is 13.0. The number of hydrogen-bond acceptors (Lipinski definition) is 4. The van der Waals surface area contributed by atoms with Crippen molar-refractivity contribution in [2.24, 2.45) is 11.3 Å². The summed E-state index contributed by atoms with van der Waals surface area (Å²) in [6, 6.07) is 1.71. The fourth-order valence-electron chi connectivity index (χ4n) is 4.01. The molecule has 4 nitrogen and oxygen atoms in total. The van der Waals surface area contributed by atoms with Crippen molar-refractivity contribution in [1.29, 1.82) is 0 Å². The number of ether oxygens (including phenoxy) is 1. The minimum Gasteiger partial charge on any atom is -0.380 e. The maximum atomic E-state index is 13.0. The monoisotopic (exact) mass is 342 g/mol. The molecule has 0 bridgehead atoms. The van der Waals surface area contributed by atoms with Gasteiger partial charge in [0, 0.05) is 44.4 Å². The summed E-state index contributed by atoms with van der Waals surface area (Å²) in [6.07, 6.45) is -0.474. The number of carbonyl (C=O) groups excluding carboxylic acids is 1. The summed E-state index contributed by atoms with van der Waals surface area (Å²) in [5, 5.41) is 7.00. The zero-order chi connectivity index (χ0) is 16.1. The molecule has 1 saturated carbocycles. The minimum absolute atomic E-state index is 0.103. The van der Waals surface area contributed by atoms with E-state index in [1.54, 1.807) is 11.3 Å². The van der Waals surface area contributed by atoms with Gasteiger partial charge in [-0.3, -0.25) is 9.69 Å². The van der Waals surface area contributed by atoms with Gasteiger partial charge in [-0.05, 0) is 22.4 Å². The maximum Gasteiger partial charge on any atom is 0.252 e. The Morgan fingerprint density at radius 1 is 1.48 bits per heavy atom. The highest BCUT2D eigenvalue weighted by Gasteiger charge is 2.57. The van der Waals surface area contributed by atoms with Crippen LogP contribution in [0.25, 0.3) is 0 Å². The molecule has 1 aromatic heterocycles. The molecule has 1 amide bonds. The summed E-state index contributed by atoms with van der Waals surface area (Å²) in [6.45, 7) is 3.27. The molecule has 0 spiro atoms. The zero-order valence-corrected chi connectivity index (χ0v) is 13.6. The van der Waals surface area contributed by atoms with Gasteiger partial charge in [0.1, 0.15) is 0 Å². The SMILES string of the molecule is O=C(NC1CC(F)(F)C1)[C@]12COC[C@H]1CN(Cc1ccsc1)C2. The molecule has 2 aliphatic heterocycles. The van der Waals surface area contributed by atoms with Crippen LogP contribution in [0.15, 0.2) is 16.8 Å². The number of hydrogen-bond donors (Lipinski definition) is 1. The van der Waals surface area contributed by atoms with E-state index in [2.05, 4.69) is 27.0 Å². The second-order valence-electron chi connectivity index (χ2n) is 7.10. The standard InChI is InChI=1S/C16H20F2N2O2S/c17-16(18)3-13(4-16)19-14(21)15-9-20(5-11-1-2-23-8-11)6-12(15)7-22-10-15/h1-2,8,12-13H,3-7,9-10H2,(H,19,21)/t12-,15-/m1/s1. The minimum atomic E-state index is -2.61. The van der Waals surface area contributed by atoms with Crippen molar-refractivity contribution < 1.29 is 18.3 Å². The lowest BCUT2D eigenvalue weighted by atomic mass is 9.79. The first-order chi connectivity index (χ1) is 11.0. The highest BCUT2D eigenvalue weighted by molar-refractivity contribution is 7.07. The molecule has 3 fully saturated rings. The molecular formula is C16H20F2N2O2S. The molecule has 2 saturated heterocycles. The van der Waals surface area contributed by atoms with Crippen LogP contribution < -0.4 is 5.32 Å². The molecule has 7 heteroatoms. The Balaban J connectivity index is 1.42. The zero-order valence-electron chi connectivity index (χ0n) is 12.8. The van der Waals surface area contributed by atoms with E-state index in [0.717, 1.165) is 13.1 Å². The smallest absolute Gasteiger partial charge is 0.252 e. The van der Waals surface area contributed by atoms with Gasteiger partial charge < -0.3 is 10.1 Å². The van der Waals surface area contributed by atoms with Crippen LogP contribution in [-0.2, 0) is 16.1 Å². The number of nitrogens with zero attached hydrogens (tertiary/aromatic N) is 1. The molecule has 0 aromatic carbocycles. The molecule has 0 unspecified atom stereocenters. The van der Waals surface area contributed by atoms with Crippen molar-refractivity contribution in [3.05, 3.63) is 22.4 Å². The number of fused-ring (bicyclic) bond motifs is 1. The number of amides is 1. The van der Waals surface area contributed by atoms with Crippen molar-refractivity contribution in [2.75, 3.05) is 26.3 Å². The highest BCUT2D eigenvalue weighted by Crippen LogP contribution is 2.43. The van der Waals surface area contributed by atoms with Gasteiger partial charge in [0.05, 0.1) is 18.6 Å². The number of carbonyl (C=O) groups is 1. The molecule has 1 N–H and O–H groups in total. The first-order valence-electron chi connectivity index (χ1n) is 7.97. The second-order valence-corrected chi connectivity index (χ2v) is 7.88. The van der Waals surface area contributed by atoms with Gasteiger partial charge in [-0.25, -0.2) is 8.78 Å². The molecule has 4 rings (SSSR count). The quantitative estimate of drug-likeness (QED) is 0.911. The molecule has 23 heavy (non-hydrogen) atoms. The third-order valence-electron chi connectivity index (χ3n) is 5.31. The topological polar surface area (TPSA) is 41.6 Å². The molecule has 0 radical (unpaired) electrons. The Kier molecular flexibility index (Phi) is 3.70. The van der Waals surface area contributed by atoms with Crippen LogP contribution in [0.4, 0.5) is 8.78 Å². The number of alkyl halides is 2. The fraction of sp³-hybridized carbons (Fsp3) is 0.688. The van der Waals surface area contributed by atoms with Gasteiger partial charge in [-0.1, -0.05) is 0 Å². The van der Waals surface area contributed by atoms with Gasteiger partial charge in [-0.2, -0.15) is 11.3 Å². The summed E-state index contributed by atoms with van der Waals surface area (Å²) in [7, 11) is 0. The Morgan fingerprint density at radius 2 is 2.30 bits per heavy atom. The number of rotatable bonds is 4. The van der Waals surface area contributed by atoms with Crippen LogP contribution in [0.5, 0.6) is 0 Å². The van der Waals surface area contributed by atoms with Gasteiger partial charge in [0.25, 0.3) is 5.92 Å². The van der Waals surface area contributed by atoms with Crippen LogP contribution in [-0.4, -0.2) is 49.1 Å². The molecule has 3 heterocycles. The van der Waals surface area contributed by atoms with Crippen molar-refractivity contribution in [3.8, 4) is 0 Å². The van der Waals surface area contributed by atoms with Crippen molar-refractivity contribution in [2.45, 2.75) is 31.4 Å². The van der Waals surface area contributed by atoms with Crippen LogP contribution in [0.2, 0.25) is 0 Å². The van der Waals surface area contributed by atoms with Gasteiger partial charge in [-0.15, -0.1) is 0 Å². The normalized spacial score (nSPS) is 33.4. The number of thiophene rings is 1. The summed E-state index contributed by atoms with van der Waals surface area (Å²) in [5.41, 5.74) is 0.686. The molecule has 1 aromatic rings. The first-order valence-corrected chi connectivity index (χ1v) is 8.91. The van der Waals surface area contributed by atoms with Crippen molar-refractivity contribution in [1.82, 2.24) is 10.2 Å². The lowest BCUT2D eigenvalue weighted by molar-refractivity contribution is -0.139. The second kappa shape index (κ2) is 5.50. The fourth-order valence-corrected chi connectivity index (χ4v) is 4.67. The van der Waals surface area contributed by atoms with Gasteiger partial charge in [0.2, 0.25) is 5.91 Å². The summed E-state index contributed by atoms with van der Waals surface area (Å²) in [4.78, 5) is 15.0. The van der Waals surface area contributed by atoms with Gasteiger partial charge >= 0.3 is 0 Å². The van der Waals surface area contributed by atoms with E-state index in [9.17, 15) is 13.6 Å². The van der Waals surface area contributed by atoms with E-state index in [-0.39, 0.29) is 30.7 Å². The molecule has 3 aliphatic rings. The van der Waals surface area contributed by atoms with E-state index in [1.165, 1.54) is 5.56 Å². The number of likely N-dealkylation sites (tertiary alicyclic amines) is 1. The Hall–Kier alpha value is -1.05. The summed E-state index contributed by atoms with van der Waals surface area (Å²) in [5.74, 6) is -2.56. The average Bonchev–Trinajstić information content (AvgIpc) is 3.12. The lowest BCUT2D eigenvalue weighted by Crippen LogP contribution is -2.56. The van der Waals surface area contributed by atoms with Crippen LogP contribution in [0.1, 0.15) is 18.4 Å². The summed E-state index contributed by atoms with van der Waals surface area (Å²) >= 11 is 1.67. The molecular weight excluding hydrogens is 322 g/mol. The van der Waals surface area contributed by atoms with Crippen LogP contribution in [0, 0.1) is 11.3 Å². The molecule has 1 aliphatic carbocycles. The third-order valence-corrected chi connectivity index (χ3v) is 6.04. The van der Waals surface area contributed by atoms with Crippen LogP contribution >= 0.6 is 11.3 Å². The van der Waals surface area contributed by atoms with E-state index in [1.807, 2.05) is 0 Å². The van der Waals surface area contributed by atoms with Gasteiger partial charge in [0.15, 0.2) is 0 Å². The Morgan fingerprint density at radius 3 is 3.00 bits per heavy atom. The van der Waals surface area contributed by atoms with E-state index >= 15 is 0 Å². The molecule has 2 atom stereocenters. The first kappa shape index (κ1) is 15.5. The highest BCUT2D eigenvalue weighted by atomic mass is 32.1.